The highest BCUT2D eigenvalue weighted by Gasteiger charge is 2.64. The van der Waals surface area contributed by atoms with Crippen LogP contribution in [0.3, 0.4) is 0 Å². The smallest absolute Gasteiger partial charge is 0.347 e. The second kappa shape index (κ2) is 10.7. The first-order valence-corrected chi connectivity index (χ1v) is 14.8. The average molecular weight is 643 g/mol. The van der Waals surface area contributed by atoms with Crippen LogP contribution >= 0.6 is 0 Å². The van der Waals surface area contributed by atoms with Crippen molar-refractivity contribution in [2.75, 3.05) is 0 Å². The van der Waals surface area contributed by atoms with Crippen LogP contribution in [0.5, 0.6) is 11.5 Å². The lowest BCUT2D eigenvalue weighted by Crippen LogP contribution is -2.65. The first-order valence-electron chi connectivity index (χ1n) is 14.8. The Morgan fingerprint density at radius 1 is 0.723 bits per heavy atom. The molecule has 4 saturated carbocycles. The molecule has 0 spiro atoms. The Hall–Kier alpha value is -5.72. The Morgan fingerprint density at radius 2 is 1.34 bits per heavy atom. The number of aromatic carboxylic acids is 4. The van der Waals surface area contributed by atoms with Crippen molar-refractivity contribution < 1.29 is 63.4 Å². The minimum absolute atomic E-state index is 0.100. The van der Waals surface area contributed by atoms with Gasteiger partial charge in [0.2, 0.25) is 0 Å². The van der Waals surface area contributed by atoms with E-state index in [0.29, 0.717) is 24.8 Å². The molecule has 1 aliphatic heterocycles. The number of carbonyl (C=O) groups excluding carboxylic acids is 2. The van der Waals surface area contributed by atoms with Crippen molar-refractivity contribution in [2.45, 2.75) is 43.3 Å². The lowest BCUT2D eigenvalue weighted by Gasteiger charge is -2.63. The zero-order valence-corrected chi connectivity index (χ0v) is 24.4. The summed E-state index contributed by atoms with van der Waals surface area (Å²) in [6, 6.07) is 12.3. The molecule has 240 valence electrons. The fourth-order valence-corrected chi connectivity index (χ4v) is 8.44. The standard InChI is InChI=1S/C34H26O13/c35-28(36)18-6-4-16(10-22(18)30(39)40)45-27-15-8-14-9-24(27)26(20-2-1-3-21-25(20)33(44)46-32(21)43)34(12-14,13-15)47-17-5-7-19(29(37)38)23(11-17)31(41)42/h1-7,10-11,14-15,24,26-27H,8-9,12-13H2,(H,35,36)(H,37,38)(H,39,40)(H,41,42). The van der Waals surface area contributed by atoms with Crippen molar-refractivity contribution in [3.8, 4) is 11.5 Å². The molecule has 8 rings (SSSR count). The number of esters is 2. The van der Waals surface area contributed by atoms with E-state index in [0.717, 1.165) is 6.42 Å². The maximum Gasteiger partial charge on any atom is 0.347 e. The minimum atomic E-state index is -1.44. The summed E-state index contributed by atoms with van der Waals surface area (Å²) < 4.78 is 18.2. The fourth-order valence-electron chi connectivity index (χ4n) is 8.44. The van der Waals surface area contributed by atoms with Gasteiger partial charge in [-0.1, -0.05) is 12.1 Å². The Bertz CT molecular complexity index is 1930. The second-order valence-electron chi connectivity index (χ2n) is 12.5. The van der Waals surface area contributed by atoms with Gasteiger partial charge in [0.15, 0.2) is 0 Å². The second-order valence-corrected chi connectivity index (χ2v) is 12.5. The van der Waals surface area contributed by atoms with E-state index in [9.17, 15) is 49.2 Å². The molecule has 6 atom stereocenters. The molecule has 6 unspecified atom stereocenters. The lowest BCUT2D eigenvalue weighted by atomic mass is 9.47. The highest BCUT2D eigenvalue weighted by Crippen LogP contribution is 2.64. The number of rotatable bonds is 9. The number of ether oxygens (including phenoxy) is 3. The van der Waals surface area contributed by atoms with Crippen LogP contribution in [-0.2, 0) is 4.74 Å². The van der Waals surface area contributed by atoms with E-state index >= 15 is 0 Å². The van der Waals surface area contributed by atoms with Gasteiger partial charge in [0.05, 0.1) is 33.4 Å². The van der Waals surface area contributed by atoms with E-state index in [4.69, 9.17) is 14.2 Å². The fraction of sp³-hybridized carbons (Fsp3) is 0.294. The number of carboxylic acids is 4. The first kappa shape index (κ1) is 30.0. The number of carbonyl (C=O) groups is 6. The molecule has 0 saturated heterocycles. The highest BCUT2D eigenvalue weighted by atomic mass is 16.6. The molecule has 13 heteroatoms. The van der Waals surface area contributed by atoms with Crippen molar-refractivity contribution >= 4 is 35.8 Å². The van der Waals surface area contributed by atoms with Crippen LogP contribution < -0.4 is 9.47 Å². The van der Waals surface area contributed by atoms with Gasteiger partial charge in [-0.25, -0.2) is 28.8 Å². The molecule has 13 nitrogen and oxygen atoms in total. The number of hydrogen-bond donors (Lipinski definition) is 4. The third-order valence-corrected chi connectivity index (χ3v) is 9.90. The van der Waals surface area contributed by atoms with Crippen molar-refractivity contribution in [3.05, 3.63) is 93.5 Å². The summed E-state index contributed by atoms with van der Waals surface area (Å²) in [5.41, 5.74) is -2.02. The van der Waals surface area contributed by atoms with Crippen LogP contribution in [0.15, 0.2) is 54.6 Å². The average Bonchev–Trinajstić information content (AvgIpc) is 3.31. The normalized spacial score (nSPS) is 26.8. The van der Waals surface area contributed by atoms with E-state index < -0.39 is 75.7 Å². The zero-order chi connectivity index (χ0) is 33.4. The lowest BCUT2D eigenvalue weighted by molar-refractivity contribution is -0.172. The monoisotopic (exact) mass is 642 g/mol. The van der Waals surface area contributed by atoms with Crippen molar-refractivity contribution in [1.29, 1.82) is 0 Å². The van der Waals surface area contributed by atoms with Gasteiger partial charge in [-0.3, -0.25) is 0 Å². The molecule has 4 fully saturated rings. The SMILES string of the molecule is O=C(O)c1ccc(OC2C3CC4CC2C(c2cccc5c2C(=O)OC5=O)C(Oc2ccc(C(=O)O)c(C(=O)O)c2)(C4)C3)cc1C(=O)O. The molecule has 0 aromatic heterocycles. The molecule has 5 aliphatic rings. The van der Waals surface area contributed by atoms with Crippen LogP contribution in [0.2, 0.25) is 0 Å². The Labute approximate surface area is 265 Å². The van der Waals surface area contributed by atoms with Crippen molar-refractivity contribution in [1.82, 2.24) is 0 Å². The number of cyclic esters (lactones) is 2. The molecular formula is C34H26O13. The molecule has 0 amide bonds. The van der Waals surface area contributed by atoms with Crippen LogP contribution in [-0.4, -0.2) is 67.9 Å². The molecule has 4 aliphatic carbocycles. The van der Waals surface area contributed by atoms with Gasteiger partial charge in [0.1, 0.15) is 23.2 Å². The third-order valence-electron chi connectivity index (χ3n) is 9.90. The number of benzene rings is 3. The number of fused-ring (bicyclic) bond motifs is 1. The predicted octanol–water partition coefficient (Wildman–Crippen LogP) is 4.59. The molecule has 4 bridgehead atoms. The van der Waals surface area contributed by atoms with Crippen molar-refractivity contribution in [2.24, 2.45) is 17.8 Å². The van der Waals surface area contributed by atoms with E-state index in [1.165, 1.54) is 42.5 Å². The zero-order valence-electron chi connectivity index (χ0n) is 24.4. The summed E-state index contributed by atoms with van der Waals surface area (Å²) in [5.74, 6) is -7.94. The number of carboxylic acid groups (broad SMARTS) is 4. The predicted molar refractivity (Wildman–Crippen MR) is 156 cm³/mol. The summed E-state index contributed by atoms with van der Waals surface area (Å²) in [7, 11) is 0. The largest absolute Gasteiger partial charge is 0.490 e. The molecule has 3 aromatic rings. The topological polar surface area (TPSA) is 211 Å². The van der Waals surface area contributed by atoms with Gasteiger partial charge in [-0.05, 0) is 79.6 Å². The van der Waals surface area contributed by atoms with E-state index in [1.807, 2.05) is 0 Å². The molecular weight excluding hydrogens is 616 g/mol. The number of hydrogen-bond acceptors (Lipinski definition) is 9. The molecule has 3 aromatic carbocycles. The molecule has 47 heavy (non-hydrogen) atoms. The third kappa shape index (κ3) is 4.77. The van der Waals surface area contributed by atoms with Gasteiger partial charge in [-0.15, -0.1) is 0 Å². The summed E-state index contributed by atoms with van der Waals surface area (Å²) in [6.45, 7) is 0. The van der Waals surface area contributed by atoms with Gasteiger partial charge in [0.25, 0.3) is 0 Å². The van der Waals surface area contributed by atoms with Crippen LogP contribution in [0.1, 0.15) is 99.3 Å². The Balaban J connectivity index is 1.34. The Kier molecular flexibility index (Phi) is 6.81. The van der Waals surface area contributed by atoms with E-state index in [-0.39, 0.29) is 40.4 Å². The quantitative estimate of drug-likeness (QED) is 0.186. The van der Waals surface area contributed by atoms with Gasteiger partial charge in [-0.2, -0.15) is 0 Å². The summed E-state index contributed by atoms with van der Waals surface area (Å²) in [5, 5.41) is 38.4. The minimum Gasteiger partial charge on any atom is -0.490 e. The van der Waals surface area contributed by atoms with Gasteiger partial charge in [0, 0.05) is 17.8 Å². The molecule has 0 radical (unpaired) electrons. The maximum absolute atomic E-state index is 13.0. The summed E-state index contributed by atoms with van der Waals surface area (Å²) in [6.07, 6.45) is 1.72. The summed E-state index contributed by atoms with van der Waals surface area (Å²) >= 11 is 0. The van der Waals surface area contributed by atoms with Crippen LogP contribution in [0, 0.1) is 17.8 Å². The van der Waals surface area contributed by atoms with Gasteiger partial charge >= 0.3 is 35.8 Å². The van der Waals surface area contributed by atoms with Crippen LogP contribution in [0.25, 0.3) is 0 Å². The van der Waals surface area contributed by atoms with Crippen LogP contribution in [0.4, 0.5) is 0 Å². The Morgan fingerprint density at radius 3 is 1.98 bits per heavy atom. The van der Waals surface area contributed by atoms with Crippen molar-refractivity contribution in [3.63, 3.8) is 0 Å². The molecule has 4 N–H and O–H groups in total. The molecule has 1 heterocycles. The highest BCUT2D eigenvalue weighted by molar-refractivity contribution is 6.15. The maximum atomic E-state index is 13.0. The van der Waals surface area contributed by atoms with E-state index in [2.05, 4.69) is 0 Å². The van der Waals surface area contributed by atoms with E-state index in [1.54, 1.807) is 12.1 Å². The summed E-state index contributed by atoms with van der Waals surface area (Å²) in [4.78, 5) is 72.8. The first-order chi connectivity index (χ1) is 22.4. The van der Waals surface area contributed by atoms with Gasteiger partial charge < -0.3 is 34.6 Å².